The van der Waals surface area contributed by atoms with Gasteiger partial charge < -0.3 is 0 Å². The SMILES string of the molecule is Cc1ccc(-n2c(-c3ccccc3)cn3c4c(=O)n(C)c(=O)n(C)c4nc23)cc1Cl. The van der Waals surface area contributed by atoms with Crippen LogP contribution in [0, 0.1) is 6.92 Å². The van der Waals surface area contributed by atoms with Crippen LogP contribution >= 0.6 is 11.6 Å². The first-order valence-electron chi connectivity index (χ1n) is 9.40. The van der Waals surface area contributed by atoms with Crippen LogP contribution in [0.5, 0.6) is 0 Å². The fourth-order valence-electron chi connectivity index (χ4n) is 3.76. The van der Waals surface area contributed by atoms with Gasteiger partial charge in [-0.25, -0.2) is 4.79 Å². The van der Waals surface area contributed by atoms with Gasteiger partial charge in [0.1, 0.15) is 0 Å². The van der Waals surface area contributed by atoms with Crippen molar-refractivity contribution in [1.29, 1.82) is 0 Å². The van der Waals surface area contributed by atoms with Crippen LogP contribution in [0.2, 0.25) is 5.02 Å². The second-order valence-corrected chi connectivity index (χ2v) is 7.72. The highest BCUT2D eigenvalue weighted by molar-refractivity contribution is 6.31. The van der Waals surface area contributed by atoms with Crippen molar-refractivity contribution in [1.82, 2.24) is 23.1 Å². The lowest BCUT2D eigenvalue weighted by atomic mass is 10.1. The molecule has 0 radical (unpaired) electrons. The molecule has 3 aromatic heterocycles. The first-order valence-corrected chi connectivity index (χ1v) is 9.77. The van der Waals surface area contributed by atoms with E-state index < -0.39 is 5.69 Å². The molecule has 0 N–H and O–H groups in total. The number of hydrogen-bond acceptors (Lipinski definition) is 3. The van der Waals surface area contributed by atoms with Crippen LogP contribution in [0.25, 0.3) is 33.9 Å². The summed E-state index contributed by atoms with van der Waals surface area (Å²) >= 11 is 6.41. The molecule has 0 spiro atoms. The van der Waals surface area contributed by atoms with E-state index in [1.807, 2.05) is 66.2 Å². The normalized spacial score (nSPS) is 11.6. The molecular weight excluding hydrogens is 402 g/mol. The Labute approximate surface area is 176 Å². The summed E-state index contributed by atoms with van der Waals surface area (Å²) < 4.78 is 6.18. The van der Waals surface area contributed by atoms with E-state index in [2.05, 4.69) is 4.98 Å². The number of nitrogens with zero attached hydrogens (tertiary/aromatic N) is 5. The molecule has 0 fully saturated rings. The topological polar surface area (TPSA) is 66.2 Å². The molecule has 5 aromatic rings. The van der Waals surface area contributed by atoms with Crippen LogP contribution in [0.1, 0.15) is 5.56 Å². The zero-order chi connectivity index (χ0) is 21.2. The minimum absolute atomic E-state index is 0.338. The van der Waals surface area contributed by atoms with Gasteiger partial charge in [-0.15, -0.1) is 0 Å². The zero-order valence-electron chi connectivity index (χ0n) is 16.6. The zero-order valence-corrected chi connectivity index (χ0v) is 17.4. The van der Waals surface area contributed by atoms with Gasteiger partial charge in [0.2, 0.25) is 5.78 Å². The van der Waals surface area contributed by atoms with E-state index >= 15 is 0 Å². The van der Waals surface area contributed by atoms with Crippen molar-refractivity contribution in [2.45, 2.75) is 6.92 Å². The fourth-order valence-corrected chi connectivity index (χ4v) is 3.93. The first kappa shape index (κ1) is 18.4. The summed E-state index contributed by atoms with van der Waals surface area (Å²) in [5, 5.41) is 0.637. The molecule has 30 heavy (non-hydrogen) atoms. The van der Waals surface area contributed by atoms with Crippen LogP contribution in [0.4, 0.5) is 0 Å². The van der Waals surface area contributed by atoms with Crippen molar-refractivity contribution in [3.8, 4) is 16.9 Å². The van der Waals surface area contributed by atoms with Crippen molar-refractivity contribution < 1.29 is 0 Å². The largest absolute Gasteiger partial charge is 0.332 e. The molecule has 0 bridgehead atoms. The summed E-state index contributed by atoms with van der Waals surface area (Å²) in [5.41, 5.74) is 3.49. The number of imidazole rings is 2. The predicted molar refractivity (Wildman–Crippen MR) is 118 cm³/mol. The van der Waals surface area contributed by atoms with Crippen molar-refractivity contribution >= 4 is 28.5 Å². The molecule has 0 saturated heterocycles. The highest BCUT2D eigenvalue weighted by Gasteiger charge is 2.21. The number of hydrogen-bond donors (Lipinski definition) is 0. The molecule has 0 aliphatic rings. The number of fused-ring (bicyclic) bond motifs is 3. The lowest BCUT2D eigenvalue weighted by molar-refractivity contribution is 0.708. The van der Waals surface area contributed by atoms with E-state index in [0.29, 0.717) is 22.0 Å². The standard InChI is InChI=1S/C22H18ClN5O2/c1-13-9-10-15(11-16(13)23)28-17(14-7-5-4-6-8-14)12-27-18-19(24-21(27)28)25(2)22(30)26(3)20(18)29/h4-12H,1-3H3. The minimum atomic E-state index is -0.415. The molecule has 0 amide bonds. The summed E-state index contributed by atoms with van der Waals surface area (Å²) in [5.74, 6) is 0.530. The maximum Gasteiger partial charge on any atom is 0.332 e. The number of rotatable bonds is 2. The number of aromatic nitrogens is 5. The first-order chi connectivity index (χ1) is 14.4. The van der Waals surface area contributed by atoms with Gasteiger partial charge in [0.25, 0.3) is 5.56 Å². The van der Waals surface area contributed by atoms with Crippen LogP contribution in [-0.2, 0) is 14.1 Å². The van der Waals surface area contributed by atoms with E-state index in [4.69, 9.17) is 11.6 Å². The third-order valence-electron chi connectivity index (χ3n) is 5.45. The third-order valence-corrected chi connectivity index (χ3v) is 5.86. The molecule has 0 saturated carbocycles. The Kier molecular flexibility index (Phi) is 3.98. The molecule has 0 unspecified atom stereocenters. The fraction of sp³-hybridized carbons (Fsp3) is 0.136. The van der Waals surface area contributed by atoms with Crippen LogP contribution < -0.4 is 11.2 Å². The van der Waals surface area contributed by atoms with Crippen molar-refractivity contribution in [2.75, 3.05) is 0 Å². The summed E-state index contributed by atoms with van der Waals surface area (Å²) in [6.45, 7) is 1.94. The van der Waals surface area contributed by atoms with E-state index in [-0.39, 0.29) is 5.56 Å². The maximum absolute atomic E-state index is 12.9. The lowest BCUT2D eigenvalue weighted by Crippen LogP contribution is -2.37. The van der Waals surface area contributed by atoms with Gasteiger partial charge in [-0.3, -0.25) is 22.9 Å². The third kappa shape index (κ3) is 2.48. The van der Waals surface area contributed by atoms with Gasteiger partial charge in [0.15, 0.2) is 11.2 Å². The Balaban J connectivity index is 1.98. The molecule has 3 heterocycles. The monoisotopic (exact) mass is 419 g/mol. The molecule has 150 valence electrons. The molecule has 5 rings (SSSR count). The van der Waals surface area contributed by atoms with E-state index in [1.165, 1.54) is 11.6 Å². The van der Waals surface area contributed by atoms with Gasteiger partial charge >= 0.3 is 5.69 Å². The summed E-state index contributed by atoms with van der Waals surface area (Å²) in [6.07, 6.45) is 1.87. The highest BCUT2D eigenvalue weighted by Crippen LogP contribution is 2.30. The van der Waals surface area contributed by atoms with Crippen molar-refractivity contribution in [3.05, 3.63) is 86.2 Å². The Morgan fingerprint density at radius 1 is 0.967 bits per heavy atom. The van der Waals surface area contributed by atoms with Crippen LogP contribution in [0.3, 0.4) is 0 Å². The van der Waals surface area contributed by atoms with Crippen LogP contribution in [0.15, 0.2) is 64.3 Å². The predicted octanol–water partition coefficient (Wildman–Crippen LogP) is 3.30. The second-order valence-electron chi connectivity index (χ2n) is 7.31. The average Bonchev–Trinajstić information content (AvgIpc) is 3.30. The van der Waals surface area contributed by atoms with Gasteiger partial charge in [0.05, 0.1) is 11.4 Å². The maximum atomic E-state index is 12.9. The van der Waals surface area contributed by atoms with Gasteiger partial charge in [-0.05, 0) is 24.6 Å². The molecule has 0 aliphatic carbocycles. The quantitative estimate of drug-likeness (QED) is 0.441. The summed E-state index contributed by atoms with van der Waals surface area (Å²) in [6, 6.07) is 15.6. The van der Waals surface area contributed by atoms with E-state index in [9.17, 15) is 9.59 Å². The number of benzene rings is 2. The number of halogens is 1. The minimum Gasteiger partial charge on any atom is -0.279 e. The van der Waals surface area contributed by atoms with Crippen LogP contribution in [-0.4, -0.2) is 23.1 Å². The van der Waals surface area contributed by atoms with Crippen molar-refractivity contribution in [2.24, 2.45) is 14.1 Å². The molecular formula is C22H18ClN5O2. The Bertz CT molecular complexity index is 1570. The number of aryl methyl sites for hydroxylation is 2. The molecule has 8 heteroatoms. The van der Waals surface area contributed by atoms with Gasteiger partial charge in [0, 0.05) is 30.9 Å². The summed E-state index contributed by atoms with van der Waals surface area (Å²) in [7, 11) is 3.08. The lowest BCUT2D eigenvalue weighted by Gasteiger charge is -2.10. The average molecular weight is 420 g/mol. The highest BCUT2D eigenvalue weighted by atomic mass is 35.5. The Hall–Kier alpha value is -3.58. The Morgan fingerprint density at radius 2 is 1.70 bits per heavy atom. The molecule has 0 aliphatic heterocycles. The van der Waals surface area contributed by atoms with Gasteiger partial charge in [-0.1, -0.05) is 48.0 Å². The Morgan fingerprint density at radius 3 is 2.40 bits per heavy atom. The summed E-state index contributed by atoms with van der Waals surface area (Å²) in [4.78, 5) is 30.0. The molecule has 7 nitrogen and oxygen atoms in total. The molecule has 0 atom stereocenters. The smallest absolute Gasteiger partial charge is 0.279 e. The molecule has 2 aromatic carbocycles. The second kappa shape index (κ2) is 6.47. The van der Waals surface area contributed by atoms with E-state index in [0.717, 1.165) is 27.1 Å². The van der Waals surface area contributed by atoms with Crippen molar-refractivity contribution in [3.63, 3.8) is 0 Å². The van der Waals surface area contributed by atoms with Gasteiger partial charge in [-0.2, -0.15) is 4.98 Å². The van der Waals surface area contributed by atoms with E-state index in [1.54, 1.807) is 11.4 Å².